The highest BCUT2D eigenvalue weighted by molar-refractivity contribution is 4.84. The zero-order valence-corrected chi connectivity index (χ0v) is 10.6. The second kappa shape index (κ2) is 5.55. The van der Waals surface area contributed by atoms with Crippen molar-refractivity contribution in [3.8, 4) is 0 Å². The minimum atomic E-state index is -0.0705. The van der Waals surface area contributed by atoms with Crippen LogP contribution >= 0.6 is 0 Å². The summed E-state index contributed by atoms with van der Waals surface area (Å²) in [6.07, 6.45) is 2.84. The van der Waals surface area contributed by atoms with E-state index in [9.17, 15) is 5.11 Å². The van der Waals surface area contributed by atoms with Gasteiger partial charge in [0.25, 0.3) is 0 Å². The van der Waals surface area contributed by atoms with Gasteiger partial charge in [-0.15, -0.1) is 5.10 Å². The standard InChI is InChI=1S/C11H21N5O/c1-3-4-16-11(12-13-14-16)8-15(2)7-9-5-10(17)6-9/h9-10,17H,3-8H2,1-2H3. The van der Waals surface area contributed by atoms with Crippen LogP contribution in [0.1, 0.15) is 32.0 Å². The summed E-state index contributed by atoms with van der Waals surface area (Å²) in [6, 6.07) is 0. The van der Waals surface area contributed by atoms with Gasteiger partial charge in [0.2, 0.25) is 0 Å². The van der Waals surface area contributed by atoms with Crippen molar-refractivity contribution in [1.82, 2.24) is 25.1 Å². The average molecular weight is 239 g/mol. The summed E-state index contributed by atoms with van der Waals surface area (Å²) in [5.74, 6) is 1.56. The molecule has 0 aromatic carbocycles. The smallest absolute Gasteiger partial charge is 0.165 e. The van der Waals surface area contributed by atoms with Crippen LogP contribution in [0.4, 0.5) is 0 Å². The number of aromatic nitrogens is 4. The molecule has 1 heterocycles. The second-order valence-corrected chi connectivity index (χ2v) is 5.01. The fourth-order valence-corrected chi connectivity index (χ4v) is 2.32. The average Bonchev–Trinajstić information content (AvgIpc) is 2.64. The van der Waals surface area contributed by atoms with Crippen molar-refractivity contribution >= 4 is 0 Å². The molecule has 2 rings (SSSR count). The zero-order chi connectivity index (χ0) is 12.3. The van der Waals surface area contributed by atoms with E-state index in [1.165, 1.54) is 0 Å². The van der Waals surface area contributed by atoms with E-state index in [1.807, 2.05) is 4.68 Å². The first-order valence-corrected chi connectivity index (χ1v) is 6.30. The molecule has 0 atom stereocenters. The monoisotopic (exact) mass is 239 g/mol. The molecule has 96 valence electrons. The summed E-state index contributed by atoms with van der Waals surface area (Å²) in [4.78, 5) is 2.23. The molecule has 1 aromatic heterocycles. The van der Waals surface area contributed by atoms with Gasteiger partial charge in [0.05, 0.1) is 12.6 Å². The van der Waals surface area contributed by atoms with E-state index >= 15 is 0 Å². The van der Waals surface area contributed by atoms with Crippen LogP contribution in [0.25, 0.3) is 0 Å². The fraction of sp³-hybridized carbons (Fsp3) is 0.909. The number of aliphatic hydroxyl groups is 1. The van der Waals surface area contributed by atoms with Crippen LogP contribution in [-0.4, -0.2) is 49.9 Å². The van der Waals surface area contributed by atoms with E-state index in [2.05, 4.69) is 34.4 Å². The molecule has 0 radical (unpaired) electrons. The Hall–Kier alpha value is -1.01. The van der Waals surface area contributed by atoms with Crippen LogP contribution in [0.5, 0.6) is 0 Å². The lowest BCUT2D eigenvalue weighted by molar-refractivity contribution is 0.0269. The first-order valence-electron chi connectivity index (χ1n) is 6.30. The van der Waals surface area contributed by atoms with Gasteiger partial charge in [0.1, 0.15) is 0 Å². The first kappa shape index (κ1) is 12.4. The molecule has 6 nitrogen and oxygen atoms in total. The molecular weight excluding hydrogens is 218 g/mol. The number of aliphatic hydroxyl groups excluding tert-OH is 1. The summed E-state index contributed by atoms with van der Waals surface area (Å²) in [7, 11) is 2.08. The topological polar surface area (TPSA) is 67.1 Å². The predicted molar refractivity (Wildman–Crippen MR) is 63.2 cm³/mol. The number of nitrogens with zero attached hydrogens (tertiary/aromatic N) is 5. The van der Waals surface area contributed by atoms with Crippen LogP contribution in [0.15, 0.2) is 0 Å². The Kier molecular flexibility index (Phi) is 4.06. The molecule has 17 heavy (non-hydrogen) atoms. The van der Waals surface area contributed by atoms with Crippen LogP contribution in [-0.2, 0) is 13.1 Å². The van der Waals surface area contributed by atoms with Gasteiger partial charge in [-0.25, -0.2) is 4.68 Å². The van der Waals surface area contributed by atoms with Crippen molar-refractivity contribution in [3.05, 3.63) is 5.82 Å². The van der Waals surface area contributed by atoms with Gasteiger partial charge in [0.15, 0.2) is 5.82 Å². The predicted octanol–water partition coefficient (Wildman–Crippen LogP) is 0.286. The molecule has 0 saturated heterocycles. The van der Waals surface area contributed by atoms with E-state index in [1.54, 1.807) is 0 Å². The molecule has 0 bridgehead atoms. The zero-order valence-electron chi connectivity index (χ0n) is 10.6. The van der Waals surface area contributed by atoms with Gasteiger partial charge in [-0.2, -0.15) is 0 Å². The highest BCUT2D eigenvalue weighted by atomic mass is 16.3. The maximum absolute atomic E-state index is 9.25. The van der Waals surface area contributed by atoms with Crippen molar-refractivity contribution in [2.24, 2.45) is 5.92 Å². The summed E-state index contributed by atoms with van der Waals surface area (Å²) in [5, 5.41) is 21.0. The minimum absolute atomic E-state index is 0.0705. The summed E-state index contributed by atoms with van der Waals surface area (Å²) in [6.45, 7) is 4.78. The van der Waals surface area contributed by atoms with Gasteiger partial charge in [-0.1, -0.05) is 6.92 Å². The SMILES string of the molecule is CCCn1nnnc1CN(C)CC1CC(O)C1. The van der Waals surface area contributed by atoms with E-state index in [0.29, 0.717) is 5.92 Å². The number of hydrogen-bond donors (Lipinski definition) is 1. The second-order valence-electron chi connectivity index (χ2n) is 5.01. The van der Waals surface area contributed by atoms with Crippen molar-refractivity contribution in [2.45, 2.75) is 45.4 Å². The summed E-state index contributed by atoms with van der Waals surface area (Å²) < 4.78 is 1.87. The van der Waals surface area contributed by atoms with Crippen molar-refractivity contribution in [1.29, 1.82) is 0 Å². The Morgan fingerprint density at radius 1 is 1.47 bits per heavy atom. The lowest BCUT2D eigenvalue weighted by atomic mass is 9.82. The highest BCUT2D eigenvalue weighted by Crippen LogP contribution is 2.27. The molecule has 1 aromatic rings. The van der Waals surface area contributed by atoms with Crippen LogP contribution in [0, 0.1) is 5.92 Å². The Bertz CT molecular complexity index is 347. The summed E-state index contributed by atoms with van der Waals surface area (Å²) >= 11 is 0. The van der Waals surface area contributed by atoms with Gasteiger partial charge in [0, 0.05) is 13.1 Å². The Balaban J connectivity index is 1.80. The van der Waals surface area contributed by atoms with Crippen LogP contribution < -0.4 is 0 Å². The first-order chi connectivity index (χ1) is 8.19. The maximum Gasteiger partial charge on any atom is 0.165 e. The molecule has 0 amide bonds. The molecule has 0 spiro atoms. The molecule has 1 aliphatic carbocycles. The minimum Gasteiger partial charge on any atom is -0.393 e. The Morgan fingerprint density at radius 3 is 2.88 bits per heavy atom. The number of hydrogen-bond acceptors (Lipinski definition) is 5. The lowest BCUT2D eigenvalue weighted by Gasteiger charge is -2.34. The largest absolute Gasteiger partial charge is 0.393 e. The third-order valence-corrected chi connectivity index (χ3v) is 3.23. The number of aryl methyl sites for hydroxylation is 1. The van der Waals surface area contributed by atoms with E-state index in [-0.39, 0.29) is 6.10 Å². The molecule has 0 aliphatic heterocycles. The van der Waals surface area contributed by atoms with Gasteiger partial charge >= 0.3 is 0 Å². The molecule has 0 unspecified atom stereocenters. The lowest BCUT2D eigenvalue weighted by Crippen LogP contribution is -2.37. The Labute approximate surface area is 102 Å². The van der Waals surface area contributed by atoms with E-state index < -0.39 is 0 Å². The molecule has 1 N–H and O–H groups in total. The third-order valence-electron chi connectivity index (χ3n) is 3.23. The maximum atomic E-state index is 9.25. The normalized spacial score (nSPS) is 24.0. The Morgan fingerprint density at radius 2 is 2.24 bits per heavy atom. The fourth-order valence-electron chi connectivity index (χ4n) is 2.32. The molecule has 1 fully saturated rings. The van der Waals surface area contributed by atoms with E-state index in [0.717, 1.165) is 44.7 Å². The number of rotatable bonds is 6. The number of tetrazole rings is 1. The molecular formula is C11H21N5O. The molecule has 1 aliphatic rings. The molecule has 6 heteroatoms. The quantitative estimate of drug-likeness (QED) is 0.772. The van der Waals surface area contributed by atoms with Gasteiger partial charge < -0.3 is 5.11 Å². The van der Waals surface area contributed by atoms with Crippen LogP contribution in [0.3, 0.4) is 0 Å². The summed E-state index contributed by atoms with van der Waals surface area (Å²) in [5.41, 5.74) is 0. The third kappa shape index (κ3) is 3.23. The van der Waals surface area contributed by atoms with Crippen molar-refractivity contribution in [3.63, 3.8) is 0 Å². The van der Waals surface area contributed by atoms with Crippen molar-refractivity contribution < 1.29 is 5.11 Å². The van der Waals surface area contributed by atoms with Gasteiger partial charge in [-0.3, -0.25) is 4.90 Å². The van der Waals surface area contributed by atoms with Gasteiger partial charge in [-0.05, 0) is 42.7 Å². The van der Waals surface area contributed by atoms with Crippen LogP contribution in [0.2, 0.25) is 0 Å². The van der Waals surface area contributed by atoms with Crippen molar-refractivity contribution in [2.75, 3.05) is 13.6 Å². The van der Waals surface area contributed by atoms with E-state index in [4.69, 9.17) is 0 Å². The molecule has 1 saturated carbocycles. The highest BCUT2D eigenvalue weighted by Gasteiger charge is 2.28.